The second-order valence-corrected chi connectivity index (χ2v) is 11.1. The summed E-state index contributed by atoms with van der Waals surface area (Å²) in [6, 6.07) is 13.3. The Labute approximate surface area is 476 Å². The number of aryl methyl sites for hydroxylation is 5. The predicted octanol–water partition coefficient (Wildman–Crippen LogP) is 12.5. The van der Waals surface area contributed by atoms with E-state index in [0.717, 1.165) is 28.7 Å². The van der Waals surface area contributed by atoms with Crippen molar-refractivity contribution < 1.29 is 0 Å². The maximum Gasteiger partial charge on any atom is 0.137 e. The van der Waals surface area contributed by atoms with Crippen molar-refractivity contribution in [3.8, 4) is 0 Å². The van der Waals surface area contributed by atoms with Gasteiger partial charge in [0.2, 0.25) is 0 Å². The Morgan fingerprint density at radius 2 is 0.588 bits per heavy atom. The van der Waals surface area contributed by atoms with Crippen LogP contribution < -0.4 is 0 Å². The molecule has 12 aromatic heterocycles. The number of nitrogens with one attached hydrogen (secondary N) is 12. The van der Waals surface area contributed by atoms with Gasteiger partial charge >= 0.3 is 0 Å². The zero-order valence-corrected chi connectivity index (χ0v) is 50.4. The van der Waals surface area contributed by atoms with Gasteiger partial charge in [-0.05, 0) is 77.1 Å². The molecule has 0 aliphatic carbocycles. The Hall–Kier alpha value is -9.69. The summed E-state index contributed by atoms with van der Waals surface area (Å²) in [5.41, 5.74) is 2.78. The van der Waals surface area contributed by atoms with Gasteiger partial charge in [0, 0.05) is 86.8 Å². The third-order valence-electron chi connectivity index (χ3n) is 5.70. The summed E-state index contributed by atoms with van der Waals surface area (Å²) in [4.78, 5) is 26.1. The third kappa shape index (κ3) is 85.1. The van der Waals surface area contributed by atoms with Crippen LogP contribution >= 0.6 is 0 Å². The number of rotatable bonds is 0. The summed E-state index contributed by atoms with van der Waals surface area (Å²) in [6.45, 7) is 37.3. The van der Waals surface area contributed by atoms with Crippen molar-refractivity contribution in [2.24, 2.45) is 0 Å². The number of imidazole rings is 2. The fourth-order valence-corrected chi connectivity index (χ4v) is 2.94. The minimum atomic E-state index is 0. The van der Waals surface area contributed by atoms with Crippen LogP contribution in [0.15, 0.2) is 173 Å². The van der Waals surface area contributed by atoms with E-state index in [-0.39, 0.29) is 7.43 Å². The number of H-pyrrole nitrogens is 12. The molecule has 0 aliphatic rings. The van der Waals surface area contributed by atoms with Crippen molar-refractivity contribution in [1.29, 1.82) is 0 Å². The zero-order chi connectivity index (χ0) is 60.8. The predicted molar refractivity (Wildman–Crippen MR) is 326 cm³/mol. The van der Waals surface area contributed by atoms with Gasteiger partial charge in [-0.25, -0.2) is 19.9 Å². The molecule has 0 unspecified atom stereocenters. The minimum absolute atomic E-state index is 0. The lowest BCUT2D eigenvalue weighted by Gasteiger charge is -1.66. The molecular formula is C53H101N27. The van der Waals surface area contributed by atoms with Gasteiger partial charge in [0.05, 0.1) is 48.3 Å². The van der Waals surface area contributed by atoms with Gasteiger partial charge in [0.1, 0.15) is 24.3 Å². The van der Waals surface area contributed by atoms with E-state index in [1.807, 2.05) is 199 Å². The van der Waals surface area contributed by atoms with E-state index in [4.69, 9.17) is 0 Å². The van der Waals surface area contributed by atoms with Crippen molar-refractivity contribution in [3.05, 3.63) is 202 Å². The van der Waals surface area contributed by atoms with E-state index in [0.29, 0.717) is 0 Å². The van der Waals surface area contributed by atoms with Gasteiger partial charge < -0.3 is 19.9 Å². The first-order valence-corrected chi connectivity index (χ1v) is 25.9. The molecule has 0 fully saturated rings. The van der Waals surface area contributed by atoms with Gasteiger partial charge in [0.15, 0.2) is 0 Å². The largest absolute Gasteiger partial charge is 0.368 e. The first-order valence-electron chi connectivity index (χ1n) is 25.9. The topological polar surface area (TPSA) is 383 Å². The molecule has 0 saturated carbocycles. The van der Waals surface area contributed by atoms with E-state index in [2.05, 4.69) is 137 Å². The molecule has 0 bridgehead atoms. The molecule has 27 nitrogen and oxygen atoms in total. The van der Waals surface area contributed by atoms with Crippen molar-refractivity contribution in [2.45, 2.75) is 139 Å². The SMILES string of the molecule is C.CC.CC.CC.CC.CC.CC.CC.Cc1cn[nH]n1.Cc1cn[nH]n1.Cc1cn[nH]n1.Cc1ncn[nH]1.Cc1ncn[nH]1.c1c[nH]cn1.c1c[nH]cn1.c1cc[nH]c1.c1cc[nH]c1.c1cn[nH]c1.c1cn[nH]c1.c1cn[nH]c1. The number of aromatic nitrogens is 27. The highest BCUT2D eigenvalue weighted by atomic mass is 15.3. The summed E-state index contributed by atoms with van der Waals surface area (Å²) in [6.07, 6.45) is 36.0. The summed E-state index contributed by atoms with van der Waals surface area (Å²) in [5.74, 6) is 1.71. The number of nitrogens with zero attached hydrogens (tertiary/aromatic N) is 15. The summed E-state index contributed by atoms with van der Waals surface area (Å²) in [7, 11) is 0. The molecule has 12 heterocycles. The second kappa shape index (κ2) is 88.9. The normalized spacial score (nSPS) is 7.34. The lowest BCUT2D eigenvalue weighted by atomic mass is 10.6. The minimum Gasteiger partial charge on any atom is -0.368 e. The van der Waals surface area contributed by atoms with E-state index < -0.39 is 0 Å². The van der Waals surface area contributed by atoms with E-state index >= 15 is 0 Å². The Kier molecular flexibility index (Phi) is 96.7. The Morgan fingerprint density at radius 1 is 0.300 bits per heavy atom. The van der Waals surface area contributed by atoms with Crippen LogP contribution in [0.1, 0.15) is 133 Å². The molecule has 12 N–H and O–H groups in total. The van der Waals surface area contributed by atoms with Crippen molar-refractivity contribution >= 4 is 0 Å². The maximum absolute atomic E-state index is 3.75. The summed E-state index contributed by atoms with van der Waals surface area (Å²) in [5, 5.41) is 60.2. The molecule has 0 amide bonds. The van der Waals surface area contributed by atoms with Gasteiger partial charge in [-0.2, -0.15) is 71.7 Å². The van der Waals surface area contributed by atoms with E-state index in [1.165, 1.54) is 12.7 Å². The maximum atomic E-state index is 3.75. The number of hydrogen-bond acceptors (Lipinski definition) is 15. The molecule has 0 aliphatic heterocycles. The average molecular weight is 1120 g/mol. The molecule has 12 aromatic rings. The molecule has 0 spiro atoms. The summed E-state index contributed by atoms with van der Waals surface area (Å²) < 4.78 is 0. The van der Waals surface area contributed by atoms with Gasteiger partial charge in [-0.3, -0.25) is 25.5 Å². The molecule has 80 heavy (non-hydrogen) atoms. The zero-order valence-electron chi connectivity index (χ0n) is 50.4. The Balaban J connectivity index is -0.000000115. The Morgan fingerprint density at radius 3 is 0.650 bits per heavy atom. The molecule has 12 rings (SSSR count). The molecule has 27 heteroatoms. The first kappa shape index (κ1) is 87.0. The van der Waals surface area contributed by atoms with Gasteiger partial charge in [0.25, 0.3) is 0 Å². The van der Waals surface area contributed by atoms with Crippen LogP contribution in [0.2, 0.25) is 0 Å². The van der Waals surface area contributed by atoms with Crippen molar-refractivity contribution in [1.82, 2.24) is 137 Å². The monoisotopic (exact) mass is 1120 g/mol. The van der Waals surface area contributed by atoms with Crippen molar-refractivity contribution in [3.63, 3.8) is 0 Å². The van der Waals surface area contributed by atoms with E-state index in [9.17, 15) is 0 Å². The van der Waals surface area contributed by atoms with Gasteiger partial charge in [-0.1, -0.05) is 104 Å². The van der Waals surface area contributed by atoms with E-state index in [1.54, 1.807) is 93.2 Å². The van der Waals surface area contributed by atoms with Crippen LogP contribution in [0.4, 0.5) is 0 Å². The standard InChI is InChI=1S/2C4H5N.5C3H5N3.5C3H4N2.7C2H6.CH4/c2*1-2-4-5-3-1;2*1-3-4-2-5-6-3;3*1-3-2-4-6-5-3;2*1-2-5-3-4-1;3*1-2-4-5-3-1;7*1-2;/h2*1-5H;5*2H,1H3,(H,4,5,6);5*1-3H,(H,4,5);7*1-2H3;1H4. The molecule has 448 valence electrons. The molecule has 0 atom stereocenters. The highest BCUT2D eigenvalue weighted by molar-refractivity contribution is 4.86. The molecular weight excluding hydrogens is 1010 g/mol. The highest BCUT2D eigenvalue weighted by Crippen LogP contribution is 1.79. The fraction of sp³-hybridized carbons (Fsp3) is 0.377. The van der Waals surface area contributed by atoms with Crippen LogP contribution in [0.25, 0.3) is 0 Å². The van der Waals surface area contributed by atoms with Gasteiger partial charge in [-0.15, -0.1) is 0 Å². The summed E-state index contributed by atoms with van der Waals surface area (Å²) >= 11 is 0. The van der Waals surface area contributed by atoms with Crippen LogP contribution in [0.3, 0.4) is 0 Å². The average Bonchev–Trinajstić information content (AvgIpc) is 4.35. The van der Waals surface area contributed by atoms with Crippen LogP contribution in [0, 0.1) is 34.6 Å². The van der Waals surface area contributed by atoms with Crippen LogP contribution in [-0.4, -0.2) is 137 Å². The van der Waals surface area contributed by atoms with Crippen molar-refractivity contribution in [2.75, 3.05) is 0 Å². The first-order chi connectivity index (χ1) is 39.0. The van der Waals surface area contributed by atoms with Crippen LogP contribution in [0.5, 0.6) is 0 Å². The fourth-order valence-electron chi connectivity index (χ4n) is 2.94. The third-order valence-corrected chi connectivity index (χ3v) is 5.70. The van der Waals surface area contributed by atoms with Crippen LogP contribution in [-0.2, 0) is 0 Å². The quantitative estimate of drug-likeness (QED) is 0.0671. The molecule has 0 aromatic carbocycles. The lowest BCUT2D eigenvalue weighted by Crippen LogP contribution is -1.68. The smallest absolute Gasteiger partial charge is 0.137 e. The molecule has 0 saturated heterocycles. The number of aromatic amines is 12. The number of hydrogen-bond donors (Lipinski definition) is 12. The molecule has 0 radical (unpaired) electrons. The highest BCUT2D eigenvalue weighted by Gasteiger charge is 1.78. The lowest BCUT2D eigenvalue weighted by molar-refractivity contribution is 0.928. The second-order valence-electron chi connectivity index (χ2n) is 11.1. The Bertz CT molecular complexity index is 1780.